The number of aliphatic hydroxyl groups excluding tert-OH is 1. The topological polar surface area (TPSA) is 73.3 Å². The predicted molar refractivity (Wildman–Crippen MR) is 125 cm³/mol. The van der Waals surface area contributed by atoms with Crippen LogP contribution in [0.25, 0.3) is 0 Å². The predicted octanol–water partition coefficient (Wildman–Crippen LogP) is 2.95. The number of carbonyl (C=O) groups is 2. The van der Waals surface area contributed by atoms with E-state index >= 15 is 8.78 Å². The van der Waals surface area contributed by atoms with Crippen molar-refractivity contribution in [3.05, 3.63) is 65.2 Å². The van der Waals surface area contributed by atoms with Crippen molar-refractivity contribution in [3.8, 4) is 11.8 Å². The molecule has 0 aromatic heterocycles. The molecule has 0 spiro atoms. The van der Waals surface area contributed by atoms with Crippen LogP contribution in [0.15, 0.2) is 42.5 Å². The van der Waals surface area contributed by atoms with Crippen LogP contribution in [0.5, 0.6) is 0 Å². The van der Waals surface area contributed by atoms with Crippen molar-refractivity contribution in [3.63, 3.8) is 0 Å². The second-order valence-corrected chi connectivity index (χ2v) is 8.81. The Kier molecular flexibility index (Phi) is 7.05. The van der Waals surface area contributed by atoms with Crippen LogP contribution >= 0.6 is 0 Å². The largest absolute Gasteiger partial charge is 0.385 e. The number of methoxy groups -OCH3 is 1. The molecule has 4 rings (SSSR count). The molecule has 1 N–H and O–H groups in total. The Hall–Kier alpha value is -3.48. The van der Waals surface area contributed by atoms with E-state index < -0.39 is 35.1 Å². The van der Waals surface area contributed by atoms with Gasteiger partial charge in [-0.15, -0.1) is 0 Å². The zero-order valence-corrected chi connectivity index (χ0v) is 19.6. The van der Waals surface area contributed by atoms with Gasteiger partial charge in [0.25, 0.3) is 0 Å². The first-order chi connectivity index (χ1) is 16.8. The summed E-state index contributed by atoms with van der Waals surface area (Å²) in [5.74, 6) is 3.19. The lowest BCUT2D eigenvalue weighted by molar-refractivity contribution is -0.151. The lowest BCUT2D eigenvalue weighted by atomic mass is 9.87. The van der Waals surface area contributed by atoms with Crippen LogP contribution in [0.1, 0.15) is 30.9 Å². The van der Waals surface area contributed by atoms with Gasteiger partial charge in [0.05, 0.1) is 0 Å². The number of piperazine rings is 1. The van der Waals surface area contributed by atoms with Crippen LogP contribution in [-0.2, 0) is 9.53 Å². The number of fused-ring (bicyclic) bond motifs is 1. The van der Waals surface area contributed by atoms with Crippen molar-refractivity contribution >= 4 is 17.6 Å². The van der Waals surface area contributed by atoms with E-state index in [1.807, 2.05) is 6.07 Å². The maximum atomic E-state index is 15.1. The minimum atomic E-state index is -1.59. The van der Waals surface area contributed by atoms with E-state index in [-0.39, 0.29) is 31.0 Å². The van der Waals surface area contributed by atoms with E-state index in [2.05, 4.69) is 11.8 Å². The van der Waals surface area contributed by atoms with E-state index in [4.69, 9.17) is 4.74 Å². The number of rotatable bonds is 5. The molecule has 2 aromatic rings. The molecule has 2 saturated heterocycles. The van der Waals surface area contributed by atoms with Gasteiger partial charge in [0.2, 0.25) is 5.91 Å². The molecule has 2 aliphatic heterocycles. The van der Waals surface area contributed by atoms with Gasteiger partial charge in [-0.1, -0.05) is 30.0 Å². The normalized spacial score (nSPS) is 22.1. The van der Waals surface area contributed by atoms with Gasteiger partial charge in [0.15, 0.2) is 11.6 Å². The van der Waals surface area contributed by atoms with Gasteiger partial charge in [-0.2, -0.15) is 0 Å². The third kappa shape index (κ3) is 4.72. The third-order valence-electron chi connectivity index (χ3n) is 6.41. The van der Waals surface area contributed by atoms with Gasteiger partial charge in [-0.25, -0.2) is 13.6 Å². The first-order valence-electron chi connectivity index (χ1n) is 11.4. The second kappa shape index (κ2) is 10.0. The van der Waals surface area contributed by atoms with Crippen molar-refractivity contribution in [1.29, 1.82) is 0 Å². The molecule has 2 aromatic carbocycles. The molecular formula is C26H27F2N3O4. The Morgan fingerprint density at radius 3 is 2.40 bits per heavy atom. The maximum Gasteiger partial charge on any atom is 0.327 e. The lowest BCUT2D eigenvalue weighted by Crippen LogP contribution is -2.73. The van der Waals surface area contributed by atoms with Gasteiger partial charge < -0.3 is 19.6 Å². The smallest absolute Gasteiger partial charge is 0.327 e. The molecule has 7 nitrogen and oxygen atoms in total. The SMILES string of the molecule is COCCCN1CCN2C(=O)N(c3c(F)cc(C#Cc4ccccc4)cc3F)C(O)C[C@@]2(C)C1=O. The van der Waals surface area contributed by atoms with Crippen molar-refractivity contribution < 1.29 is 28.2 Å². The third-order valence-corrected chi connectivity index (χ3v) is 6.41. The summed E-state index contributed by atoms with van der Waals surface area (Å²) >= 11 is 0. The lowest BCUT2D eigenvalue weighted by Gasteiger charge is -2.53. The molecule has 35 heavy (non-hydrogen) atoms. The molecule has 2 heterocycles. The average Bonchev–Trinajstić information content (AvgIpc) is 2.82. The highest BCUT2D eigenvalue weighted by atomic mass is 19.1. The van der Waals surface area contributed by atoms with E-state index in [0.29, 0.717) is 30.0 Å². The molecule has 2 atom stereocenters. The number of nitrogens with zero attached hydrogens (tertiary/aromatic N) is 3. The Morgan fingerprint density at radius 1 is 1.09 bits per heavy atom. The Balaban J connectivity index is 1.59. The Morgan fingerprint density at radius 2 is 1.74 bits per heavy atom. The fraction of sp³-hybridized carbons (Fsp3) is 0.385. The number of halogens is 2. The van der Waals surface area contributed by atoms with Gasteiger partial charge in [0, 0.05) is 50.9 Å². The number of benzene rings is 2. The van der Waals surface area contributed by atoms with E-state index in [1.54, 1.807) is 43.2 Å². The van der Waals surface area contributed by atoms with Crippen LogP contribution < -0.4 is 4.90 Å². The van der Waals surface area contributed by atoms with Gasteiger partial charge in [0.1, 0.15) is 17.5 Å². The van der Waals surface area contributed by atoms with Crippen molar-refractivity contribution in [2.75, 3.05) is 38.3 Å². The van der Waals surface area contributed by atoms with Crippen molar-refractivity contribution in [2.45, 2.75) is 31.5 Å². The van der Waals surface area contributed by atoms with Crippen LogP contribution in [0.4, 0.5) is 19.3 Å². The molecule has 1 unspecified atom stereocenters. The summed E-state index contributed by atoms with van der Waals surface area (Å²) in [6.07, 6.45) is -1.14. The summed E-state index contributed by atoms with van der Waals surface area (Å²) in [6, 6.07) is 10.2. The summed E-state index contributed by atoms with van der Waals surface area (Å²) in [5, 5.41) is 10.8. The van der Waals surface area contributed by atoms with Crippen LogP contribution in [0.2, 0.25) is 0 Å². The number of urea groups is 1. The average molecular weight is 484 g/mol. The number of aliphatic hydroxyl groups is 1. The Labute approximate surface area is 202 Å². The maximum absolute atomic E-state index is 15.1. The molecule has 9 heteroatoms. The fourth-order valence-electron chi connectivity index (χ4n) is 4.63. The standard InChI is InChI=1S/C26H27F2N3O4/c1-26-17-22(32)31(25(34)30(26)13-12-29(24(26)33)11-6-14-35-2)23-20(27)15-19(16-21(23)28)10-9-18-7-4-3-5-8-18/h3-5,7-8,15-16,22,32H,6,11-14,17H2,1-2H3/t22?,26-/m0/s1. The van der Waals surface area contributed by atoms with E-state index in [9.17, 15) is 14.7 Å². The van der Waals surface area contributed by atoms with Crippen LogP contribution in [0.3, 0.4) is 0 Å². The first kappa shape index (κ1) is 24.6. The number of ether oxygens (including phenoxy) is 1. The molecule has 2 aliphatic rings. The molecule has 3 amide bonds. The number of amides is 3. The van der Waals surface area contributed by atoms with E-state index in [1.165, 1.54) is 4.90 Å². The highest BCUT2D eigenvalue weighted by Gasteiger charge is 2.55. The van der Waals surface area contributed by atoms with Gasteiger partial charge in [-0.3, -0.25) is 9.69 Å². The summed E-state index contributed by atoms with van der Waals surface area (Å²) in [5.41, 5.74) is -1.20. The molecule has 0 radical (unpaired) electrons. The quantitative estimate of drug-likeness (QED) is 0.524. The highest BCUT2D eigenvalue weighted by Crippen LogP contribution is 2.38. The summed E-state index contributed by atoms with van der Waals surface area (Å²) in [7, 11) is 1.58. The molecule has 2 fully saturated rings. The second-order valence-electron chi connectivity index (χ2n) is 8.81. The molecule has 0 saturated carbocycles. The zero-order chi connectivity index (χ0) is 25.2. The molecular weight excluding hydrogens is 456 g/mol. The first-order valence-corrected chi connectivity index (χ1v) is 11.4. The van der Waals surface area contributed by atoms with E-state index in [0.717, 1.165) is 12.1 Å². The van der Waals surface area contributed by atoms with Crippen molar-refractivity contribution in [2.24, 2.45) is 0 Å². The van der Waals surface area contributed by atoms with Gasteiger partial charge >= 0.3 is 6.03 Å². The molecule has 0 aliphatic carbocycles. The van der Waals surface area contributed by atoms with Crippen LogP contribution in [-0.4, -0.2) is 72.0 Å². The molecule has 184 valence electrons. The van der Waals surface area contributed by atoms with Crippen LogP contribution in [0, 0.1) is 23.5 Å². The number of carbonyl (C=O) groups excluding carboxylic acids is 2. The Bertz CT molecular complexity index is 1160. The number of hydrogen-bond donors (Lipinski definition) is 1. The fourth-order valence-corrected chi connectivity index (χ4v) is 4.63. The number of hydrogen-bond acceptors (Lipinski definition) is 4. The highest BCUT2D eigenvalue weighted by molar-refractivity contribution is 6.00. The minimum Gasteiger partial charge on any atom is -0.385 e. The summed E-state index contributed by atoms with van der Waals surface area (Å²) in [4.78, 5) is 30.1. The van der Waals surface area contributed by atoms with Crippen molar-refractivity contribution in [1.82, 2.24) is 9.80 Å². The van der Waals surface area contributed by atoms with Gasteiger partial charge in [-0.05, 0) is 37.6 Å². The minimum absolute atomic E-state index is 0.0937. The molecule has 0 bridgehead atoms. The summed E-state index contributed by atoms with van der Waals surface area (Å²) in [6.45, 7) is 2.99. The monoisotopic (exact) mass is 483 g/mol. The number of anilines is 1. The summed E-state index contributed by atoms with van der Waals surface area (Å²) < 4.78 is 35.2. The zero-order valence-electron chi connectivity index (χ0n) is 19.6.